The summed E-state index contributed by atoms with van der Waals surface area (Å²) in [6.45, 7) is 0.120. The quantitative estimate of drug-likeness (QED) is 0.648. The number of carbonyl (C=O) groups is 2. The second-order valence-corrected chi connectivity index (χ2v) is 5.17. The predicted molar refractivity (Wildman–Crippen MR) is 83.3 cm³/mol. The highest BCUT2D eigenvalue weighted by Crippen LogP contribution is 2.30. The van der Waals surface area contributed by atoms with Crippen molar-refractivity contribution < 1.29 is 23.8 Å². The molecule has 0 bridgehead atoms. The summed E-state index contributed by atoms with van der Waals surface area (Å²) < 4.78 is 16.0. The molecule has 1 aromatic rings. The van der Waals surface area contributed by atoms with Gasteiger partial charge in [0.25, 0.3) is 11.8 Å². The Labute approximate surface area is 134 Å². The van der Waals surface area contributed by atoms with E-state index in [1.807, 2.05) is 0 Å². The summed E-state index contributed by atoms with van der Waals surface area (Å²) in [7, 11) is 1.48. The Morgan fingerprint density at radius 1 is 1.35 bits per heavy atom. The van der Waals surface area contributed by atoms with Gasteiger partial charge < -0.3 is 31.0 Å². The number of hydrogen-bond acceptors (Lipinski definition) is 6. The minimum Gasteiger partial charge on any atom is -0.493 e. The molecule has 1 fully saturated rings. The van der Waals surface area contributed by atoms with Crippen molar-refractivity contribution in [2.24, 2.45) is 11.5 Å². The Bertz CT molecular complexity index is 578. The molecule has 1 saturated heterocycles. The molecule has 0 saturated carbocycles. The smallest absolute Gasteiger partial charge is 0.255 e. The third-order valence-electron chi connectivity index (χ3n) is 3.46. The first kappa shape index (κ1) is 17.0. The van der Waals surface area contributed by atoms with Gasteiger partial charge in [0, 0.05) is 18.3 Å². The highest BCUT2D eigenvalue weighted by molar-refractivity contribution is 5.94. The SMILES string of the molecule is COc1ccc(NC(=O)[C@@H]2CC[C@H](CN)O2)cc1OCC(N)=O. The molecule has 2 rings (SSSR count). The highest BCUT2D eigenvalue weighted by atomic mass is 16.5. The van der Waals surface area contributed by atoms with Crippen molar-refractivity contribution in [2.45, 2.75) is 25.0 Å². The highest BCUT2D eigenvalue weighted by Gasteiger charge is 2.29. The lowest BCUT2D eigenvalue weighted by Gasteiger charge is -2.15. The van der Waals surface area contributed by atoms with Crippen LogP contribution in [-0.4, -0.2) is 44.3 Å². The summed E-state index contributed by atoms with van der Waals surface area (Å²) in [4.78, 5) is 23.0. The van der Waals surface area contributed by atoms with Crippen LogP contribution >= 0.6 is 0 Å². The summed E-state index contributed by atoms with van der Waals surface area (Å²) in [6.07, 6.45) is 0.815. The van der Waals surface area contributed by atoms with Crippen LogP contribution in [-0.2, 0) is 14.3 Å². The van der Waals surface area contributed by atoms with Crippen LogP contribution in [0.1, 0.15) is 12.8 Å². The lowest BCUT2D eigenvalue weighted by atomic mass is 10.2. The van der Waals surface area contributed by atoms with Crippen LogP contribution in [0, 0.1) is 0 Å². The number of nitrogens with two attached hydrogens (primary N) is 2. The molecular weight excluding hydrogens is 302 g/mol. The number of benzene rings is 1. The van der Waals surface area contributed by atoms with Crippen LogP contribution < -0.4 is 26.3 Å². The number of primary amides is 1. The first-order valence-electron chi connectivity index (χ1n) is 7.29. The molecule has 1 aromatic carbocycles. The van der Waals surface area contributed by atoms with Gasteiger partial charge in [0.15, 0.2) is 18.1 Å². The van der Waals surface area contributed by atoms with Gasteiger partial charge in [-0.25, -0.2) is 0 Å². The molecule has 0 spiro atoms. The zero-order valence-electron chi connectivity index (χ0n) is 12.9. The molecule has 8 heteroatoms. The maximum absolute atomic E-state index is 12.2. The average molecular weight is 323 g/mol. The van der Waals surface area contributed by atoms with Crippen molar-refractivity contribution in [1.82, 2.24) is 0 Å². The maximum atomic E-state index is 12.2. The Hall–Kier alpha value is -2.32. The van der Waals surface area contributed by atoms with Crippen molar-refractivity contribution >= 4 is 17.5 Å². The predicted octanol–water partition coefficient (Wildman–Crippen LogP) is 0.00410. The molecule has 23 heavy (non-hydrogen) atoms. The number of ether oxygens (including phenoxy) is 3. The number of methoxy groups -OCH3 is 1. The van der Waals surface area contributed by atoms with E-state index in [-0.39, 0.29) is 18.6 Å². The average Bonchev–Trinajstić information content (AvgIpc) is 3.02. The number of anilines is 1. The Morgan fingerprint density at radius 3 is 2.74 bits per heavy atom. The molecule has 126 valence electrons. The van der Waals surface area contributed by atoms with Crippen molar-refractivity contribution in [3.8, 4) is 11.5 Å². The zero-order valence-corrected chi connectivity index (χ0v) is 12.9. The summed E-state index contributed by atoms with van der Waals surface area (Å²) in [5, 5.41) is 2.75. The van der Waals surface area contributed by atoms with E-state index in [9.17, 15) is 9.59 Å². The van der Waals surface area contributed by atoms with E-state index in [4.69, 9.17) is 25.7 Å². The van der Waals surface area contributed by atoms with Gasteiger partial charge in [0.05, 0.1) is 13.2 Å². The van der Waals surface area contributed by atoms with Crippen molar-refractivity contribution in [2.75, 3.05) is 25.6 Å². The van der Waals surface area contributed by atoms with E-state index in [0.717, 1.165) is 6.42 Å². The number of amides is 2. The Kier molecular flexibility index (Phi) is 5.78. The molecule has 0 aromatic heterocycles. The molecule has 0 aliphatic carbocycles. The maximum Gasteiger partial charge on any atom is 0.255 e. The van der Waals surface area contributed by atoms with Crippen LogP contribution in [0.3, 0.4) is 0 Å². The van der Waals surface area contributed by atoms with E-state index in [1.165, 1.54) is 7.11 Å². The van der Waals surface area contributed by atoms with Crippen LogP contribution in [0.25, 0.3) is 0 Å². The molecule has 8 nitrogen and oxygen atoms in total. The minimum atomic E-state index is -0.603. The molecule has 2 amide bonds. The van der Waals surface area contributed by atoms with E-state index < -0.39 is 12.0 Å². The van der Waals surface area contributed by atoms with Crippen LogP contribution in [0.2, 0.25) is 0 Å². The van der Waals surface area contributed by atoms with Gasteiger partial charge in [0.2, 0.25) is 0 Å². The molecule has 0 radical (unpaired) electrons. The second-order valence-electron chi connectivity index (χ2n) is 5.17. The fraction of sp³-hybridized carbons (Fsp3) is 0.467. The van der Waals surface area contributed by atoms with Crippen molar-refractivity contribution in [1.29, 1.82) is 0 Å². The van der Waals surface area contributed by atoms with Gasteiger partial charge >= 0.3 is 0 Å². The first-order valence-corrected chi connectivity index (χ1v) is 7.29. The van der Waals surface area contributed by atoms with Gasteiger partial charge in [-0.2, -0.15) is 0 Å². The summed E-state index contributed by atoms with van der Waals surface area (Å²) in [5.41, 5.74) is 11.1. The molecule has 2 atom stereocenters. The van der Waals surface area contributed by atoms with Crippen LogP contribution in [0.15, 0.2) is 18.2 Å². The Morgan fingerprint density at radius 2 is 2.13 bits per heavy atom. The van der Waals surface area contributed by atoms with Crippen LogP contribution in [0.4, 0.5) is 5.69 Å². The normalized spacial score (nSPS) is 20.1. The van der Waals surface area contributed by atoms with Crippen molar-refractivity contribution in [3.63, 3.8) is 0 Å². The third-order valence-corrected chi connectivity index (χ3v) is 3.46. The molecule has 5 N–H and O–H groups in total. The fourth-order valence-corrected chi connectivity index (χ4v) is 2.31. The molecular formula is C15H21N3O5. The van der Waals surface area contributed by atoms with E-state index >= 15 is 0 Å². The van der Waals surface area contributed by atoms with Gasteiger partial charge in [-0.3, -0.25) is 9.59 Å². The van der Waals surface area contributed by atoms with Gasteiger partial charge in [-0.15, -0.1) is 0 Å². The minimum absolute atomic E-state index is 0.0731. The number of hydrogen-bond donors (Lipinski definition) is 3. The lowest BCUT2D eigenvalue weighted by Crippen LogP contribution is -2.29. The van der Waals surface area contributed by atoms with Crippen LogP contribution in [0.5, 0.6) is 11.5 Å². The zero-order chi connectivity index (χ0) is 16.8. The molecule has 0 unspecified atom stereocenters. The molecule has 1 aliphatic heterocycles. The summed E-state index contributed by atoms with van der Waals surface area (Å²) >= 11 is 0. The van der Waals surface area contributed by atoms with Gasteiger partial charge in [-0.1, -0.05) is 0 Å². The monoisotopic (exact) mass is 323 g/mol. The van der Waals surface area contributed by atoms with E-state index in [0.29, 0.717) is 30.2 Å². The standard InChI is InChI=1S/C15H21N3O5/c1-21-11-4-2-9(6-13(11)22-8-14(17)19)18-15(20)12-5-3-10(7-16)23-12/h2,4,6,10,12H,3,5,7-8,16H2,1H3,(H2,17,19)(H,18,20)/t10-,12+/m1/s1. The first-order chi connectivity index (χ1) is 11.0. The topological polar surface area (TPSA) is 126 Å². The van der Waals surface area contributed by atoms with Gasteiger partial charge in [0.1, 0.15) is 6.10 Å². The second kappa shape index (κ2) is 7.80. The van der Waals surface area contributed by atoms with E-state index in [2.05, 4.69) is 5.32 Å². The largest absolute Gasteiger partial charge is 0.493 e. The summed E-state index contributed by atoms with van der Waals surface area (Å²) in [5.74, 6) is -0.0959. The number of rotatable bonds is 7. The Balaban J connectivity index is 2.03. The lowest BCUT2D eigenvalue weighted by molar-refractivity contribution is -0.126. The molecule has 1 heterocycles. The fourth-order valence-electron chi connectivity index (χ4n) is 2.31. The number of nitrogens with one attached hydrogen (secondary N) is 1. The van der Waals surface area contributed by atoms with Crippen molar-refractivity contribution in [3.05, 3.63) is 18.2 Å². The van der Waals surface area contributed by atoms with Gasteiger partial charge in [-0.05, 0) is 25.0 Å². The third kappa shape index (κ3) is 4.57. The summed E-state index contributed by atoms with van der Waals surface area (Å²) in [6, 6.07) is 4.86. The van der Waals surface area contributed by atoms with E-state index in [1.54, 1.807) is 18.2 Å². The molecule has 1 aliphatic rings. The number of carbonyl (C=O) groups excluding carboxylic acids is 2.